The molecule has 0 aliphatic heterocycles. The molecule has 0 unspecified atom stereocenters. The molecule has 0 radical (unpaired) electrons. The van der Waals surface area contributed by atoms with Crippen LogP contribution in [0.1, 0.15) is 22.4 Å². The Hall–Kier alpha value is -1.99. The maximum absolute atomic E-state index is 12.0. The average molecular weight is 358 g/mol. The zero-order valence-electron chi connectivity index (χ0n) is 13.6. The van der Waals surface area contributed by atoms with Gasteiger partial charge in [0.05, 0.1) is 0 Å². The molecule has 1 amide bonds. The van der Waals surface area contributed by atoms with Crippen LogP contribution in [0.25, 0.3) is 10.2 Å². The summed E-state index contributed by atoms with van der Waals surface area (Å²) in [5.74, 6) is 0.741. The van der Waals surface area contributed by atoms with Crippen molar-refractivity contribution in [2.45, 2.75) is 31.8 Å². The van der Waals surface area contributed by atoms with E-state index in [4.69, 9.17) is 0 Å². The van der Waals surface area contributed by atoms with Crippen LogP contribution in [0.5, 0.6) is 0 Å². The molecule has 0 fully saturated rings. The van der Waals surface area contributed by atoms with Crippen molar-refractivity contribution in [1.29, 1.82) is 0 Å². The second-order valence-corrected chi connectivity index (χ2v) is 7.66. The number of nitrogens with zero attached hydrogens (tertiary/aromatic N) is 3. The van der Waals surface area contributed by atoms with E-state index in [-0.39, 0.29) is 5.91 Å². The molecule has 3 aromatic rings. The van der Waals surface area contributed by atoms with Gasteiger partial charge < -0.3 is 5.32 Å². The number of hydrogen-bond donors (Lipinski definition) is 1. The number of pyridine rings is 1. The zero-order chi connectivity index (χ0) is 16.9. The van der Waals surface area contributed by atoms with Crippen LogP contribution in [0.4, 0.5) is 0 Å². The zero-order valence-corrected chi connectivity index (χ0v) is 15.2. The fourth-order valence-corrected chi connectivity index (χ4v) is 4.35. The van der Waals surface area contributed by atoms with E-state index in [1.807, 2.05) is 12.1 Å². The summed E-state index contributed by atoms with van der Waals surface area (Å²) < 4.78 is 0. The predicted molar refractivity (Wildman–Crippen MR) is 98.3 cm³/mol. The van der Waals surface area contributed by atoms with Crippen LogP contribution in [0.3, 0.4) is 0 Å². The van der Waals surface area contributed by atoms with E-state index in [0.29, 0.717) is 18.7 Å². The highest BCUT2D eigenvalue weighted by atomic mass is 32.2. The molecule has 124 valence electrons. The lowest BCUT2D eigenvalue weighted by molar-refractivity contribution is -0.120. The van der Waals surface area contributed by atoms with E-state index in [1.165, 1.54) is 10.4 Å². The molecule has 3 heterocycles. The van der Waals surface area contributed by atoms with Crippen molar-refractivity contribution >= 4 is 39.2 Å². The molecular weight excluding hydrogens is 340 g/mol. The minimum absolute atomic E-state index is 0.0443. The topological polar surface area (TPSA) is 67.8 Å². The van der Waals surface area contributed by atoms with Crippen molar-refractivity contribution in [3.8, 4) is 0 Å². The number of aryl methyl sites for hydroxylation is 2. The Balaban J connectivity index is 1.54. The van der Waals surface area contributed by atoms with Crippen LogP contribution in [0, 0.1) is 13.8 Å². The lowest BCUT2D eigenvalue weighted by atomic mass is 10.2. The van der Waals surface area contributed by atoms with Gasteiger partial charge in [-0.1, -0.05) is 0 Å². The Morgan fingerprint density at radius 2 is 2.04 bits per heavy atom. The Kier molecular flexibility index (Phi) is 5.42. The largest absolute Gasteiger partial charge is 0.352 e. The number of rotatable bonds is 6. The SMILES string of the molecule is Cc1sc2ncnc(SCCC(=O)NCc3ccncc3)c2c1C. The average Bonchev–Trinajstić information content (AvgIpc) is 2.89. The van der Waals surface area contributed by atoms with Gasteiger partial charge in [0.15, 0.2) is 0 Å². The Morgan fingerprint density at radius 3 is 2.83 bits per heavy atom. The quantitative estimate of drug-likeness (QED) is 0.539. The van der Waals surface area contributed by atoms with Gasteiger partial charge in [-0.05, 0) is 37.1 Å². The first-order chi connectivity index (χ1) is 11.6. The van der Waals surface area contributed by atoms with Crippen molar-refractivity contribution in [2.24, 2.45) is 0 Å². The summed E-state index contributed by atoms with van der Waals surface area (Å²) in [7, 11) is 0. The van der Waals surface area contributed by atoms with E-state index < -0.39 is 0 Å². The van der Waals surface area contributed by atoms with Gasteiger partial charge in [0.25, 0.3) is 0 Å². The molecule has 0 atom stereocenters. The monoisotopic (exact) mass is 358 g/mol. The van der Waals surface area contributed by atoms with Crippen molar-refractivity contribution in [1.82, 2.24) is 20.3 Å². The van der Waals surface area contributed by atoms with Crippen molar-refractivity contribution in [3.63, 3.8) is 0 Å². The molecular formula is C17H18N4OS2. The molecule has 0 aliphatic rings. The number of aromatic nitrogens is 3. The molecule has 0 saturated heterocycles. The number of amides is 1. The smallest absolute Gasteiger partial charge is 0.221 e. The van der Waals surface area contributed by atoms with E-state index in [2.05, 4.69) is 34.1 Å². The molecule has 3 aromatic heterocycles. The van der Waals surface area contributed by atoms with Gasteiger partial charge in [-0.3, -0.25) is 9.78 Å². The number of carbonyl (C=O) groups excluding carboxylic acids is 1. The first-order valence-electron chi connectivity index (χ1n) is 7.64. The Morgan fingerprint density at radius 1 is 1.25 bits per heavy atom. The lowest BCUT2D eigenvalue weighted by Crippen LogP contribution is -2.22. The first-order valence-corrected chi connectivity index (χ1v) is 9.44. The Labute approximate surface area is 148 Å². The molecule has 5 nitrogen and oxygen atoms in total. The highest BCUT2D eigenvalue weighted by molar-refractivity contribution is 7.99. The maximum Gasteiger partial charge on any atom is 0.221 e. The van der Waals surface area contributed by atoms with Crippen molar-refractivity contribution in [3.05, 3.63) is 46.9 Å². The van der Waals surface area contributed by atoms with Gasteiger partial charge in [0, 0.05) is 41.4 Å². The predicted octanol–water partition coefficient (Wildman–Crippen LogP) is 3.50. The molecule has 7 heteroatoms. The van der Waals surface area contributed by atoms with Crippen LogP contribution in [-0.4, -0.2) is 26.6 Å². The Bertz CT molecular complexity index is 848. The third-order valence-electron chi connectivity index (χ3n) is 3.74. The summed E-state index contributed by atoms with van der Waals surface area (Å²) in [6.45, 7) is 4.73. The maximum atomic E-state index is 12.0. The number of carbonyl (C=O) groups is 1. The molecule has 0 saturated carbocycles. The van der Waals surface area contributed by atoms with Crippen molar-refractivity contribution < 1.29 is 4.79 Å². The van der Waals surface area contributed by atoms with Gasteiger partial charge >= 0.3 is 0 Å². The molecule has 0 aliphatic carbocycles. The van der Waals surface area contributed by atoms with Crippen molar-refractivity contribution in [2.75, 3.05) is 5.75 Å². The number of thiophene rings is 1. The number of nitrogens with one attached hydrogen (secondary N) is 1. The molecule has 1 N–H and O–H groups in total. The summed E-state index contributed by atoms with van der Waals surface area (Å²) in [6, 6.07) is 3.79. The standard InChI is InChI=1S/C17H18N4OS2/c1-11-12(2)24-17-15(11)16(20-10-21-17)23-8-5-14(22)19-9-13-3-6-18-7-4-13/h3-4,6-7,10H,5,8-9H2,1-2H3,(H,19,22). The normalized spacial score (nSPS) is 10.9. The number of thioether (sulfide) groups is 1. The van der Waals surface area contributed by atoms with Crippen LogP contribution >= 0.6 is 23.1 Å². The van der Waals surface area contributed by atoms with Gasteiger partial charge in [-0.2, -0.15) is 0 Å². The molecule has 0 aromatic carbocycles. The van der Waals surface area contributed by atoms with Gasteiger partial charge in [0.2, 0.25) is 5.91 Å². The third kappa shape index (κ3) is 3.91. The molecule has 24 heavy (non-hydrogen) atoms. The fraction of sp³-hybridized carbons (Fsp3) is 0.294. The minimum Gasteiger partial charge on any atom is -0.352 e. The number of fused-ring (bicyclic) bond motifs is 1. The van der Waals surface area contributed by atoms with Crippen LogP contribution in [-0.2, 0) is 11.3 Å². The van der Waals surface area contributed by atoms with E-state index in [9.17, 15) is 4.79 Å². The second kappa shape index (κ2) is 7.72. The van der Waals surface area contributed by atoms with E-state index in [1.54, 1.807) is 41.8 Å². The van der Waals surface area contributed by atoms with E-state index in [0.717, 1.165) is 20.8 Å². The number of hydrogen-bond acceptors (Lipinski definition) is 6. The lowest BCUT2D eigenvalue weighted by Gasteiger charge is -2.06. The van der Waals surface area contributed by atoms with E-state index >= 15 is 0 Å². The highest BCUT2D eigenvalue weighted by Crippen LogP contribution is 2.34. The summed E-state index contributed by atoms with van der Waals surface area (Å²) in [6.07, 6.45) is 5.51. The third-order valence-corrected chi connectivity index (χ3v) is 5.84. The summed E-state index contributed by atoms with van der Waals surface area (Å²) in [5, 5.41) is 5.02. The van der Waals surface area contributed by atoms with Gasteiger partial charge in [0.1, 0.15) is 16.2 Å². The molecule has 0 spiro atoms. The second-order valence-electron chi connectivity index (χ2n) is 5.37. The fourth-order valence-electron chi connectivity index (χ4n) is 2.29. The van der Waals surface area contributed by atoms with Gasteiger partial charge in [-0.25, -0.2) is 9.97 Å². The van der Waals surface area contributed by atoms with Gasteiger partial charge in [-0.15, -0.1) is 23.1 Å². The summed E-state index contributed by atoms with van der Waals surface area (Å²) in [4.78, 5) is 26.9. The summed E-state index contributed by atoms with van der Waals surface area (Å²) >= 11 is 3.30. The minimum atomic E-state index is 0.0443. The highest BCUT2D eigenvalue weighted by Gasteiger charge is 2.12. The first kappa shape index (κ1) is 16.9. The van der Waals surface area contributed by atoms with Crippen LogP contribution in [0.2, 0.25) is 0 Å². The van der Waals surface area contributed by atoms with Crippen LogP contribution < -0.4 is 5.32 Å². The molecule has 0 bridgehead atoms. The van der Waals surface area contributed by atoms with Crippen LogP contribution in [0.15, 0.2) is 35.9 Å². The summed E-state index contributed by atoms with van der Waals surface area (Å²) in [5.41, 5.74) is 2.29. The molecule has 3 rings (SSSR count).